The summed E-state index contributed by atoms with van der Waals surface area (Å²) in [6.45, 7) is 6.22. The minimum absolute atomic E-state index is 0.366. The van der Waals surface area contributed by atoms with Gasteiger partial charge in [-0.15, -0.1) is 0 Å². The van der Waals surface area contributed by atoms with Crippen LogP contribution >= 0.6 is 0 Å². The molecule has 0 aromatic rings. The van der Waals surface area contributed by atoms with Crippen molar-refractivity contribution < 1.29 is 29.0 Å². The van der Waals surface area contributed by atoms with Crippen LogP contribution in [0.2, 0.25) is 0 Å². The smallest absolute Gasteiger partial charge is 0.481 e. The van der Waals surface area contributed by atoms with E-state index in [0.717, 1.165) is 0 Å². The van der Waals surface area contributed by atoms with Gasteiger partial charge in [0.25, 0.3) is 0 Å². The van der Waals surface area contributed by atoms with Gasteiger partial charge in [-0.25, -0.2) is 4.79 Å². The molecule has 1 N–H and O–H groups in total. The van der Waals surface area contributed by atoms with E-state index in [1.165, 1.54) is 6.92 Å². The van der Waals surface area contributed by atoms with Crippen molar-refractivity contribution >= 4 is 18.1 Å². The van der Waals surface area contributed by atoms with Crippen LogP contribution in [0.4, 0.5) is 4.79 Å². The number of ether oxygens (including phenoxy) is 2. The Balaban J connectivity index is 4.07. The molecule has 0 spiro atoms. The molecule has 0 aliphatic heterocycles. The summed E-state index contributed by atoms with van der Waals surface area (Å²) in [4.78, 5) is 32.5. The van der Waals surface area contributed by atoms with Crippen molar-refractivity contribution in [3.8, 4) is 0 Å². The molecule has 0 aliphatic rings. The summed E-state index contributed by atoms with van der Waals surface area (Å²) in [5, 5.41) is 8.53. The van der Waals surface area contributed by atoms with Crippen LogP contribution in [0.15, 0.2) is 0 Å². The summed E-state index contributed by atoms with van der Waals surface area (Å²) in [5.41, 5.74) is -0.754. The number of hydrogen-bond acceptors (Lipinski definition) is 5. The quantitative estimate of drug-likeness (QED) is 0.586. The molecular weight excluding hydrogens is 216 g/mol. The molecule has 0 heterocycles. The van der Waals surface area contributed by atoms with Crippen LogP contribution in [0.1, 0.15) is 34.1 Å². The molecule has 6 nitrogen and oxygen atoms in total. The minimum Gasteiger partial charge on any atom is -0.481 e. The molecule has 1 atom stereocenters. The predicted octanol–water partition coefficient (Wildman–Crippen LogP) is 1.58. The maximum absolute atomic E-state index is 11.1. The Bertz CT molecular complexity index is 288. The molecule has 16 heavy (non-hydrogen) atoms. The molecule has 0 aromatic carbocycles. The van der Waals surface area contributed by atoms with Crippen LogP contribution in [0.5, 0.6) is 0 Å². The van der Waals surface area contributed by atoms with Gasteiger partial charge in [-0.3, -0.25) is 9.59 Å². The third-order valence-corrected chi connectivity index (χ3v) is 1.48. The highest BCUT2D eigenvalue weighted by Gasteiger charge is 2.23. The zero-order chi connectivity index (χ0) is 12.9. The first-order chi connectivity index (χ1) is 7.11. The zero-order valence-corrected chi connectivity index (χ0v) is 9.77. The lowest BCUT2D eigenvalue weighted by Gasteiger charge is -2.18. The van der Waals surface area contributed by atoms with Crippen molar-refractivity contribution in [2.24, 2.45) is 5.92 Å². The molecule has 0 fully saturated rings. The average molecular weight is 232 g/mol. The molecule has 0 radical (unpaired) electrons. The predicted molar refractivity (Wildman–Crippen MR) is 53.7 cm³/mol. The number of hydrogen-bond donors (Lipinski definition) is 1. The third-order valence-electron chi connectivity index (χ3n) is 1.48. The molecule has 0 aliphatic carbocycles. The van der Waals surface area contributed by atoms with Crippen LogP contribution in [-0.2, 0) is 19.1 Å². The first-order valence-corrected chi connectivity index (χ1v) is 4.78. The van der Waals surface area contributed by atoms with Crippen molar-refractivity contribution in [2.45, 2.75) is 39.7 Å². The van der Waals surface area contributed by atoms with Crippen molar-refractivity contribution in [2.75, 3.05) is 0 Å². The van der Waals surface area contributed by atoms with Gasteiger partial charge in [-0.05, 0) is 20.8 Å². The van der Waals surface area contributed by atoms with E-state index in [2.05, 4.69) is 4.74 Å². The second-order valence-electron chi connectivity index (χ2n) is 4.38. The number of carbonyl (C=O) groups excluding carboxylic acids is 2. The van der Waals surface area contributed by atoms with E-state index in [4.69, 9.17) is 9.84 Å². The largest absolute Gasteiger partial charge is 0.516 e. The molecule has 0 saturated carbocycles. The minimum atomic E-state index is -1.12. The standard InChI is InChI=1S/C10H16O6/c1-6(8(12)13)5-7(11)15-9(14)16-10(2,3)4/h6H,5H2,1-4H3,(H,12,13). The molecule has 6 heteroatoms. The van der Waals surface area contributed by atoms with Crippen molar-refractivity contribution in [1.29, 1.82) is 0 Å². The van der Waals surface area contributed by atoms with Gasteiger partial charge in [0.2, 0.25) is 0 Å². The first-order valence-electron chi connectivity index (χ1n) is 4.78. The summed E-state index contributed by atoms with van der Waals surface area (Å²) in [6.07, 6.45) is -1.48. The Labute approximate surface area is 93.5 Å². The van der Waals surface area contributed by atoms with Gasteiger partial charge < -0.3 is 14.6 Å². The van der Waals surface area contributed by atoms with Gasteiger partial charge >= 0.3 is 18.1 Å². The average Bonchev–Trinajstić information content (AvgIpc) is 1.98. The van der Waals surface area contributed by atoms with Gasteiger partial charge in [0.05, 0.1) is 12.3 Å². The van der Waals surface area contributed by atoms with Crippen molar-refractivity contribution in [1.82, 2.24) is 0 Å². The van der Waals surface area contributed by atoms with E-state index in [-0.39, 0.29) is 6.42 Å². The first kappa shape index (κ1) is 14.4. The van der Waals surface area contributed by atoms with Crippen LogP contribution in [0.25, 0.3) is 0 Å². The maximum Gasteiger partial charge on any atom is 0.516 e. The highest BCUT2D eigenvalue weighted by molar-refractivity contribution is 5.85. The summed E-state index contributed by atoms with van der Waals surface area (Å²) < 4.78 is 9.00. The van der Waals surface area contributed by atoms with E-state index < -0.39 is 29.6 Å². The highest BCUT2D eigenvalue weighted by atomic mass is 16.7. The third kappa shape index (κ3) is 6.80. The summed E-state index contributed by atoms with van der Waals surface area (Å²) in [5.74, 6) is -2.93. The van der Waals surface area contributed by atoms with E-state index >= 15 is 0 Å². The number of carbonyl (C=O) groups is 3. The van der Waals surface area contributed by atoms with Crippen molar-refractivity contribution in [3.05, 3.63) is 0 Å². The van der Waals surface area contributed by atoms with E-state index in [1.807, 2.05) is 0 Å². The maximum atomic E-state index is 11.1. The van der Waals surface area contributed by atoms with Crippen LogP contribution in [0.3, 0.4) is 0 Å². The second kappa shape index (κ2) is 5.48. The Morgan fingerprint density at radius 3 is 2.12 bits per heavy atom. The number of esters is 1. The topological polar surface area (TPSA) is 89.9 Å². The number of aliphatic carboxylic acids is 1. The number of rotatable bonds is 3. The van der Waals surface area contributed by atoms with Gasteiger partial charge in [0.15, 0.2) is 0 Å². The molecular formula is C10H16O6. The Hall–Kier alpha value is -1.59. The zero-order valence-electron chi connectivity index (χ0n) is 9.77. The fourth-order valence-electron chi connectivity index (χ4n) is 0.743. The number of carboxylic acid groups (broad SMARTS) is 1. The monoisotopic (exact) mass is 232 g/mol. The summed E-state index contributed by atoms with van der Waals surface area (Å²) in [6, 6.07) is 0. The number of carboxylic acids is 1. The Kier molecular flexibility index (Phi) is 4.94. The fraction of sp³-hybridized carbons (Fsp3) is 0.700. The van der Waals surface area contributed by atoms with Crippen LogP contribution in [-0.4, -0.2) is 28.8 Å². The van der Waals surface area contributed by atoms with E-state index in [1.54, 1.807) is 20.8 Å². The van der Waals surface area contributed by atoms with Crippen molar-refractivity contribution in [3.63, 3.8) is 0 Å². The molecule has 0 rings (SSSR count). The highest BCUT2D eigenvalue weighted by Crippen LogP contribution is 2.10. The van der Waals surface area contributed by atoms with E-state index in [9.17, 15) is 14.4 Å². The Morgan fingerprint density at radius 2 is 1.75 bits per heavy atom. The van der Waals surface area contributed by atoms with Crippen LogP contribution in [0, 0.1) is 5.92 Å². The molecule has 0 bridgehead atoms. The van der Waals surface area contributed by atoms with Gasteiger partial charge in [0, 0.05) is 0 Å². The van der Waals surface area contributed by atoms with Gasteiger partial charge in [-0.2, -0.15) is 0 Å². The lowest BCUT2D eigenvalue weighted by Crippen LogP contribution is -2.27. The van der Waals surface area contributed by atoms with Crippen LogP contribution < -0.4 is 0 Å². The van der Waals surface area contributed by atoms with Gasteiger partial charge in [0.1, 0.15) is 5.60 Å². The molecule has 0 saturated heterocycles. The summed E-state index contributed by atoms with van der Waals surface area (Å²) >= 11 is 0. The Morgan fingerprint density at radius 1 is 1.25 bits per heavy atom. The SMILES string of the molecule is CC(CC(=O)OC(=O)OC(C)(C)C)C(=O)O. The molecule has 1 unspecified atom stereocenters. The lowest BCUT2D eigenvalue weighted by molar-refractivity contribution is -0.149. The molecule has 92 valence electrons. The molecule has 0 aromatic heterocycles. The normalized spacial score (nSPS) is 12.8. The lowest BCUT2D eigenvalue weighted by atomic mass is 10.1. The van der Waals surface area contributed by atoms with E-state index in [0.29, 0.717) is 0 Å². The second-order valence-corrected chi connectivity index (χ2v) is 4.38. The summed E-state index contributed by atoms with van der Waals surface area (Å²) in [7, 11) is 0. The fourth-order valence-corrected chi connectivity index (χ4v) is 0.743. The molecule has 0 amide bonds. The van der Waals surface area contributed by atoms with Gasteiger partial charge in [-0.1, -0.05) is 6.92 Å².